The van der Waals surface area contributed by atoms with E-state index in [2.05, 4.69) is 12.2 Å². The van der Waals surface area contributed by atoms with Crippen LogP contribution < -0.4 is 5.32 Å². The van der Waals surface area contributed by atoms with Gasteiger partial charge in [-0.3, -0.25) is 4.79 Å². The highest BCUT2D eigenvalue weighted by Gasteiger charge is 2.19. The van der Waals surface area contributed by atoms with E-state index in [1.165, 1.54) is 43.5 Å². The van der Waals surface area contributed by atoms with Crippen LogP contribution >= 0.6 is 0 Å². The predicted octanol–water partition coefficient (Wildman–Crippen LogP) is 5.04. The van der Waals surface area contributed by atoms with Crippen molar-refractivity contribution in [3.63, 3.8) is 0 Å². The number of amides is 1. The summed E-state index contributed by atoms with van der Waals surface area (Å²) in [5.41, 5.74) is 0.635. The van der Waals surface area contributed by atoms with Crippen LogP contribution in [0.5, 0.6) is 5.75 Å². The van der Waals surface area contributed by atoms with Crippen LogP contribution in [-0.4, -0.2) is 25.2 Å². The van der Waals surface area contributed by atoms with E-state index in [0.717, 1.165) is 19.3 Å². The molecule has 2 rings (SSSR count). The maximum absolute atomic E-state index is 12.6. The fraction of sp³-hybridized carbons (Fsp3) is 0.391. The SMILES string of the molecule is CCCCCCCCCS(=O)(=O)c1ccc(O)c(C(=O)Nc2cccc(C#N)c2)c1. The zero-order valence-electron chi connectivity index (χ0n) is 17.2. The van der Waals surface area contributed by atoms with Crippen LogP contribution in [0.1, 0.15) is 67.8 Å². The van der Waals surface area contributed by atoms with Gasteiger partial charge in [0.25, 0.3) is 5.91 Å². The van der Waals surface area contributed by atoms with Crippen molar-refractivity contribution >= 4 is 21.4 Å². The molecule has 0 saturated carbocycles. The first-order chi connectivity index (χ1) is 14.4. The van der Waals surface area contributed by atoms with Gasteiger partial charge in [0.2, 0.25) is 0 Å². The maximum Gasteiger partial charge on any atom is 0.259 e. The Morgan fingerprint density at radius 1 is 1.03 bits per heavy atom. The largest absolute Gasteiger partial charge is 0.507 e. The molecular weight excluding hydrogens is 400 g/mol. The molecule has 160 valence electrons. The van der Waals surface area contributed by atoms with Crippen LogP contribution in [0.25, 0.3) is 0 Å². The molecule has 0 heterocycles. The van der Waals surface area contributed by atoms with E-state index < -0.39 is 15.7 Å². The monoisotopic (exact) mass is 428 g/mol. The number of rotatable bonds is 11. The summed E-state index contributed by atoms with van der Waals surface area (Å²) < 4.78 is 25.3. The molecular formula is C23H28N2O4S. The zero-order valence-corrected chi connectivity index (χ0v) is 18.0. The normalized spacial score (nSPS) is 11.1. The zero-order chi connectivity index (χ0) is 22.0. The lowest BCUT2D eigenvalue weighted by atomic mass is 10.1. The second-order valence-electron chi connectivity index (χ2n) is 7.27. The van der Waals surface area contributed by atoms with Gasteiger partial charge in [-0.1, -0.05) is 51.5 Å². The number of hydrogen-bond donors (Lipinski definition) is 2. The van der Waals surface area contributed by atoms with Crippen LogP contribution in [0.2, 0.25) is 0 Å². The van der Waals surface area contributed by atoms with E-state index in [4.69, 9.17) is 5.26 Å². The summed E-state index contributed by atoms with van der Waals surface area (Å²) in [6.45, 7) is 2.15. The van der Waals surface area contributed by atoms with Gasteiger partial charge in [-0.2, -0.15) is 5.26 Å². The van der Waals surface area contributed by atoms with E-state index >= 15 is 0 Å². The number of hydrogen-bond acceptors (Lipinski definition) is 5. The maximum atomic E-state index is 12.6. The molecule has 0 aliphatic carbocycles. The molecule has 2 N–H and O–H groups in total. The summed E-state index contributed by atoms with van der Waals surface area (Å²) in [5.74, 6) is -0.939. The van der Waals surface area contributed by atoms with Crippen LogP contribution in [-0.2, 0) is 9.84 Å². The fourth-order valence-electron chi connectivity index (χ4n) is 3.12. The van der Waals surface area contributed by atoms with Crippen molar-refractivity contribution in [3.05, 3.63) is 53.6 Å². The minimum absolute atomic E-state index is 0.0107. The number of phenols is 1. The number of anilines is 1. The summed E-state index contributed by atoms with van der Waals surface area (Å²) in [5, 5.41) is 21.6. The molecule has 2 aromatic rings. The average molecular weight is 429 g/mol. The molecule has 0 aromatic heterocycles. The number of phenolic OH excluding ortho intramolecular Hbond substituents is 1. The molecule has 6 nitrogen and oxygen atoms in total. The summed E-state index contributed by atoms with van der Waals surface area (Å²) in [4.78, 5) is 12.6. The minimum Gasteiger partial charge on any atom is -0.507 e. The predicted molar refractivity (Wildman–Crippen MR) is 117 cm³/mol. The highest BCUT2D eigenvalue weighted by Crippen LogP contribution is 2.24. The number of carbonyl (C=O) groups is 1. The van der Waals surface area contributed by atoms with E-state index in [-0.39, 0.29) is 22.0 Å². The van der Waals surface area contributed by atoms with Crippen molar-refractivity contribution in [1.82, 2.24) is 0 Å². The van der Waals surface area contributed by atoms with Gasteiger partial charge in [0, 0.05) is 5.69 Å². The smallest absolute Gasteiger partial charge is 0.259 e. The average Bonchev–Trinajstić information content (AvgIpc) is 2.73. The first-order valence-electron chi connectivity index (χ1n) is 10.2. The van der Waals surface area contributed by atoms with E-state index in [9.17, 15) is 18.3 Å². The van der Waals surface area contributed by atoms with Crippen LogP contribution in [0, 0.1) is 11.3 Å². The van der Waals surface area contributed by atoms with Crippen molar-refractivity contribution in [3.8, 4) is 11.8 Å². The van der Waals surface area contributed by atoms with Gasteiger partial charge in [0.05, 0.1) is 27.8 Å². The van der Waals surface area contributed by atoms with Gasteiger partial charge >= 0.3 is 0 Å². The van der Waals surface area contributed by atoms with Crippen molar-refractivity contribution in [2.75, 3.05) is 11.1 Å². The third kappa shape index (κ3) is 6.89. The molecule has 0 bridgehead atoms. The Labute approximate surface area is 178 Å². The number of benzene rings is 2. The Bertz CT molecular complexity index is 1010. The number of aromatic hydroxyl groups is 1. The molecule has 0 radical (unpaired) electrons. The highest BCUT2D eigenvalue weighted by molar-refractivity contribution is 7.91. The number of nitrogens with zero attached hydrogens (tertiary/aromatic N) is 1. The molecule has 0 saturated heterocycles. The second-order valence-corrected chi connectivity index (χ2v) is 9.38. The van der Waals surface area contributed by atoms with Crippen molar-refractivity contribution in [1.29, 1.82) is 5.26 Å². The molecule has 0 fully saturated rings. The van der Waals surface area contributed by atoms with Crippen molar-refractivity contribution < 1.29 is 18.3 Å². The molecule has 7 heteroatoms. The van der Waals surface area contributed by atoms with Gasteiger partial charge in [0.1, 0.15) is 5.75 Å². The summed E-state index contributed by atoms with van der Waals surface area (Å²) in [6, 6.07) is 12.0. The van der Waals surface area contributed by atoms with E-state index in [1.54, 1.807) is 18.2 Å². The van der Waals surface area contributed by atoms with Gasteiger partial charge in [-0.05, 0) is 42.8 Å². The van der Waals surface area contributed by atoms with Gasteiger partial charge in [-0.15, -0.1) is 0 Å². The lowest BCUT2D eigenvalue weighted by Gasteiger charge is -2.10. The first-order valence-corrected chi connectivity index (χ1v) is 11.9. The fourth-order valence-corrected chi connectivity index (χ4v) is 4.52. The first kappa shape index (κ1) is 23.4. The quantitative estimate of drug-likeness (QED) is 0.488. The minimum atomic E-state index is -3.55. The number of carbonyl (C=O) groups excluding carboxylic acids is 1. The standard InChI is InChI=1S/C23H28N2O4S/c1-2-3-4-5-6-7-8-14-30(28,29)20-12-13-22(26)21(16-20)23(27)25-19-11-9-10-18(15-19)17-24/h9-13,15-16,26H,2-8,14H2,1H3,(H,25,27). The van der Waals surface area contributed by atoms with Crippen LogP contribution in [0.3, 0.4) is 0 Å². The Kier molecular flexibility index (Phi) is 8.88. The molecule has 1 amide bonds. The van der Waals surface area contributed by atoms with Gasteiger partial charge < -0.3 is 10.4 Å². The van der Waals surface area contributed by atoms with Gasteiger partial charge in [-0.25, -0.2) is 8.42 Å². The summed E-state index contributed by atoms with van der Waals surface area (Å²) >= 11 is 0. The summed E-state index contributed by atoms with van der Waals surface area (Å²) in [6.07, 6.45) is 7.11. The number of sulfone groups is 1. The number of nitriles is 1. The Balaban J connectivity index is 2.04. The second kappa shape index (κ2) is 11.4. The third-order valence-electron chi connectivity index (χ3n) is 4.84. The lowest BCUT2D eigenvalue weighted by molar-refractivity contribution is 0.102. The van der Waals surface area contributed by atoms with Crippen molar-refractivity contribution in [2.45, 2.75) is 56.8 Å². The van der Waals surface area contributed by atoms with E-state index in [1.807, 2.05) is 6.07 Å². The van der Waals surface area contributed by atoms with Crippen molar-refractivity contribution in [2.24, 2.45) is 0 Å². The lowest BCUT2D eigenvalue weighted by Crippen LogP contribution is -2.14. The molecule has 0 aliphatic heterocycles. The Hall–Kier alpha value is -2.85. The third-order valence-corrected chi connectivity index (χ3v) is 6.64. The number of unbranched alkanes of at least 4 members (excludes halogenated alkanes) is 6. The Morgan fingerprint density at radius 3 is 2.43 bits per heavy atom. The summed E-state index contributed by atoms with van der Waals surface area (Å²) in [7, 11) is -3.55. The Morgan fingerprint density at radius 2 is 1.73 bits per heavy atom. The van der Waals surface area contributed by atoms with Gasteiger partial charge in [0.15, 0.2) is 9.84 Å². The molecule has 0 aliphatic rings. The molecule has 30 heavy (non-hydrogen) atoms. The molecule has 0 atom stereocenters. The van der Waals surface area contributed by atoms with Crippen LogP contribution in [0.4, 0.5) is 5.69 Å². The van der Waals surface area contributed by atoms with E-state index in [0.29, 0.717) is 17.7 Å². The molecule has 0 unspecified atom stereocenters. The highest BCUT2D eigenvalue weighted by atomic mass is 32.2. The molecule has 0 spiro atoms. The number of nitrogens with one attached hydrogen (secondary N) is 1. The van der Waals surface area contributed by atoms with Crippen LogP contribution in [0.15, 0.2) is 47.4 Å². The molecule has 2 aromatic carbocycles. The topological polar surface area (TPSA) is 107 Å².